The first kappa shape index (κ1) is 16.7. The molecule has 1 heterocycles. The molecule has 1 unspecified atom stereocenters. The Morgan fingerprint density at radius 1 is 1.40 bits per heavy atom. The molecule has 0 bridgehead atoms. The third-order valence-electron chi connectivity index (χ3n) is 3.65. The topological polar surface area (TPSA) is 64.6 Å². The summed E-state index contributed by atoms with van der Waals surface area (Å²) in [6, 6.07) is 0. The van der Waals surface area contributed by atoms with Gasteiger partial charge in [-0.3, -0.25) is 9.59 Å². The Morgan fingerprint density at radius 3 is 2.50 bits per heavy atom. The van der Waals surface area contributed by atoms with Crippen molar-refractivity contribution in [1.29, 1.82) is 0 Å². The zero-order chi connectivity index (χ0) is 15.2. The number of nitrogens with one attached hydrogen (secondary N) is 1. The number of hydrogen-bond donors (Lipinski definition) is 1. The van der Waals surface area contributed by atoms with Gasteiger partial charge < -0.3 is 14.8 Å². The molecule has 1 fully saturated rings. The van der Waals surface area contributed by atoms with E-state index in [1.165, 1.54) is 7.11 Å². The first-order valence-electron chi connectivity index (χ1n) is 6.99. The van der Waals surface area contributed by atoms with E-state index in [-0.39, 0.29) is 24.2 Å². The van der Waals surface area contributed by atoms with Crippen LogP contribution < -0.4 is 5.32 Å². The third-order valence-corrected chi connectivity index (χ3v) is 3.65. The fourth-order valence-electron chi connectivity index (χ4n) is 2.46. The molecule has 1 rings (SSSR count). The van der Waals surface area contributed by atoms with E-state index < -0.39 is 5.54 Å². The summed E-state index contributed by atoms with van der Waals surface area (Å²) in [6.45, 7) is 8.70. The molecule has 0 saturated carbocycles. The lowest BCUT2D eigenvalue weighted by Gasteiger charge is -2.38. The number of allylic oxidation sites excluding steroid dienone is 1. The summed E-state index contributed by atoms with van der Waals surface area (Å²) in [5.41, 5.74) is 0.438. The largest absolute Gasteiger partial charge is 0.469 e. The quantitative estimate of drug-likeness (QED) is 0.596. The summed E-state index contributed by atoms with van der Waals surface area (Å²) in [4.78, 5) is 23.9. The van der Waals surface area contributed by atoms with Gasteiger partial charge >= 0.3 is 5.97 Å². The van der Waals surface area contributed by atoms with Gasteiger partial charge in [-0.2, -0.15) is 0 Å². The molecule has 0 radical (unpaired) electrons. The van der Waals surface area contributed by atoms with Gasteiger partial charge in [0.25, 0.3) is 0 Å². The van der Waals surface area contributed by atoms with Crippen molar-refractivity contribution in [2.45, 2.75) is 45.1 Å². The number of amides is 1. The van der Waals surface area contributed by atoms with Gasteiger partial charge in [-0.15, -0.1) is 6.58 Å². The average molecular weight is 283 g/mol. The van der Waals surface area contributed by atoms with Gasteiger partial charge in [-0.1, -0.05) is 12.5 Å². The molecule has 1 aliphatic rings. The average Bonchev–Trinajstić information content (AvgIpc) is 2.38. The van der Waals surface area contributed by atoms with Crippen molar-refractivity contribution in [3.63, 3.8) is 0 Å². The van der Waals surface area contributed by atoms with Crippen LogP contribution in [0.25, 0.3) is 0 Å². The van der Waals surface area contributed by atoms with E-state index in [1.807, 2.05) is 13.8 Å². The molecule has 1 atom stereocenters. The molecule has 0 spiro atoms. The minimum Gasteiger partial charge on any atom is -0.469 e. The van der Waals surface area contributed by atoms with Crippen LogP contribution in [0, 0.1) is 5.92 Å². The Morgan fingerprint density at radius 2 is 2.00 bits per heavy atom. The van der Waals surface area contributed by atoms with Crippen LogP contribution in [0.15, 0.2) is 12.2 Å². The van der Waals surface area contributed by atoms with Crippen molar-refractivity contribution in [3.05, 3.63) is 12.2 Å². The molecule has 0 aromatic rings. The number of esters is 1. The lowest BCUT2D eigenvalue weighted by Crippen LogP contribution is -2.54. The summed E-state index contributed by atoms with van der Waals surface area (Å²) in [5.74, 6) is -0.497. The van der Waals surface area contributed by atoms with Crippen molar-refractivity contribution >= 4 is 11.9 Å². The van der Waals surface area contributed by atoms with Crippen LogP contribution in [0.3, 0.4) is 0 Å². The highest BCUT2D eigenvalue weighted by Crippen LogP contribution is 2.26. The van der Waals surface area contributed by atoms with Crippen LogP contribution in [0.4, 0.5) is 0 Å². The van der Waals surface area contributed by atoms with E-state index in [2.05, 4.69) is 11.9 Å². The third kappa shape index (κ3) is 4.96. The fourth-order valence-corrected chi connectivity index (χ4v) is 2.46. The maximum Gasteiger partial charge on any atom is 0.307 e. The Balaban J connectivity index is 2.71. The van der Waals surface area contributed by atoms with Gasteiger partial charge in [0.15, 0.2) is 0 Å². The molecule has 1 amide bonds. The normalized spacial score (nSPS) is 18.9. The number of ether oxygens (including phenoxy) is 2. The van der Waals surface area contributed by atoms with Gasteiger partial charge in [-0.25, -0.2) is 0 Å². The molecule has 20 heavy (non-hydrogen) atoms. The molecule has 1 N–H and O–H groups in total. The standard InChI is InChI=1S/C15H25NO4/c1-11(2)9-12(3)14(18)16-15(10-13(17)19-4)5-7-20-8-6-15/h12H,1,5-10H2,2-4H3,(H,16,18). The van der Waals surface area contributed by atoms with E-state index in [4.69, 9.17) is 9.47 Å². The van der Waals surface area contributed by atoms with Crippen LogP contribution in [-0.2, 0) is 19.1 Å². The number of rotatable bonds is 6. The second-order valence-electron chi connectivity index (χ2n) is 5.70. The lowest BCUT2D eigenvalue weighted by molar-refractivity contribution is -0.144. The minimum atomic E-state index is -0.536. The Kier molecular flexibility index (Phi) is 6.20. The zero-order valence-electron chi connectivity index (χ0n) is 12.7. The van der Waals surface area contributed by atoms with E-state index >= 15 is 0 Å². The monoisotopic (exact) mass is 283 g/mol. The smallest absolute Gasteiger partial charge is 0.307 e. The fraction of sp³-hybridized carbons (Fsp3) is 0.733. The molecule has 0 aromatic carbocycles. The Bertz CT molecular complexity index is 372. The predicted molar refractivity (Wildman–Crippen MR) is 76.2 cm³/mol. The van der Waals surface area contributed by atoms with Gasteiger partial charge in [0, 0.05) is 19.1 Å². The SMILES string of the molecule is C=C(C)CC(C)C(=O)NC1(CC(=O)OC)CCOCC1. The lowest BCUT2D eigenvalue weighted by atomic mass is 9.85. The van der Waals surface area contributed by atoms with Crippen molar-refractivity contribution in [2.75, 3.05) is 20.3 Å². The first-order chi connectivity index (χ1) is 9.38. The van der Waals surface area contributed by atoms with E-state index in [0.717, 1.165) is 5.57 Å². The maximum atomic E-state index is 12.3. The number of methoxy groups -OCH3 is 1. The molecular weight excluding hydrogens is 258 g/mol. The number of hydrogen-bond acceptors (Lipinski definition) is 4. The highest BCUT2D eigenvalue weighted by molar-refractivity contribution is 5.80. The van der Waals surface area contributed by atoms with Crippen LogP contribution >= 0.6 is 0 Å². The van der Waals surface area contributed by atoms with Crippen molar-refractivity contribution in [1.82, 2.24) is 5.32 Å². The Hall–Kier alpha value is -1.36. The van der Waals surface area contributed by atoms with Gasteiger partial charge in [0.05, 0.1) is 19.1 Å². The number of carbonyl (C=O) groups is 2. The first-order valence-corrected chi connectivity index (χ1v) is 6.99. The van der Waals surface area contributed by atoms with E-state index in [0.29, 0.717) is 32.5 Å². The number of carbonyl (C=O) groups excluding carboxylic acids is 2. The van der Waals surface area contributed by atoms with Crippen LogP contribution in [0.2, 0.25) is 0 Å². The summed E-state index contributed by atoms with van der Waals surface area (Å²) in [7, 11) is 1.36. The molecular formula is C15H25NO4. The maximum absolute atomic E-state index is 12.3. The second kappa shape index (κ2) is 7.43. The second-order valence-corrected chi connectivity index (χ2v) is 5.70. The summed E-state index contributed by atoms with van der Waals surface area (Å²) in [5, 5.41) is 3.04. The van der Waals surface area contributed by atoms with Crippen LogP contribution in [0.5, 0.6) is 0 Å². The summed E-state index contributed by atoms with van der Waals surface area (Å²) in [6.07, 6.45) is 2.11. The molecule has 0 aromatic heterocycles. The van der Waals surface area contributed by atoms with Crippen LogP contribution in [-0.4, -0.2) is 37.7 Å². The van der Waals surface area contributed by atoms with Gasteiger partial charge in [0.2, 0.25) is 5.91 Å². The molecule has 114 valence electrons. The highest BCUT2D eigenvalue weighted by Gasteiger charge is 2.37. The molecule has 1 aliphatic heterocycles. The molecule has 5 heteroatoms. The van der Waals surface area contributed by atoms with Crippen molar-refractivity contribution < 1.29 is 19.1 Å². The molecule has 0 aliphatic carbocycles. The van der Waals surface area contributed by atoms with Crippen molar-refractivity contribution in [3.8, 4) is 0 Å². The van der Waals surface area contributed by atoms with Gasteiger partial charge in [0.1, 0.15) is 0 Å². The van der Waals surface area contributed by atoms with Crippen LogP contribution in [0.1, 0.15) is 39.5 Å². The van der Waals surface area contributed by atoms with Crippen molar-refractivity contribution in [2.24, 2.45) is 5.92 Å². The van der Waals surface area contributed by atoms with E-state index in [9.17, 15) is 9.59 Å². The summed E-state index contributed by atoms with van der Waals surface area (Å²) < 4.78 is 10.1. The predicted octanol–water partition coefficient (Wildman–Crippen LogP) is 1.82. The molecule has 1 saturated heterocycles. The Labute approximate surface area is 120 Å². The van der Waals surface area contributed by atoms with E-state index in [1.54, 1.807) is 0 Å². The zero-order valence-corrected chi connectivity index (χ0v) is 12.7. The highest BCUT2D eigenvalue weighted by atomic mass is 16.5. The van der Waals surface area contributed by atoms with Gasteiger partial charge in [-0.05, 0) is 26.2 Å². The molecule has 5 nitrogen and oxygen atoms in total. The summed E-state index contributed by atoms with van der Waals surface area (Å²) >= 11 is 0. The minimum absolute atomic E-state index is 0.0428.